The minimum atomic E-state index is -0.924. The van der Waals surface area contributed by atoms with Crippen molar-refractivity contribution in [1.82, 2.24) is 25.6 Å². The second kappa shape index (κ2) is 18.4. The smallest absolute Gasteiger partial charge is 0.251 e. The molecule has 1 aromatic heterocycles. The van der Waals surface area contributed by atoms with Crippen LogP contribution in [0.3, 0.4) is 0 Å². The summed E-state index contributed by atoms with van der Waals surface area (Å²) < 4.78 is 6.11. The number of pyridine rings is 1. The monoisotopic (exact) mass is 800 g/mol. The molecule has 58 heavy (non-hydrogen) atoms. The average Bonchev–Trinajstić information content (AvgIpc) is 3.57. The van der Waals surface area contributed by atoms with E-state index in [1.807, 2.05) is 85.5 Å². The quantitative estimate of drug-likeness (QED) is 0.135. The van der Waals surface area contributed by atoms with Crippen molar-refractivity contribution >= 4 is 17.5 Å². The minimum Gasteiger partial charge on any atom is -0.496 e. The number of benzene rings is 2. The van der Waals surface area contributed by atoms with Crippen LogP contribution in [0.4, 0.5) is 5.69 Å². The fourth-order valence-corrected chi connectivity index (χ4v) is 9.87. The van der Waals surface area contributed by atoms with E-state index in [1.165, 1.54) is 6.42 Å². The normalized spacial score (nSPS) is 26.1. The van der Waals surface area contributed by atoms with Gasteiger partial charge in [0.25, 0.3) is 5.91 Å². The Hall–Kier alpha value is -4.11. The second-order valence-electron chi connectivity index (χ2n) is 17.6. The van der Waals surface area contributed by atoms with Crippen LogP contribution >= 0.6 is 0 Å². The minimum absolute atomic E-state index is 0.0163. The van der Waals surface area contributed by atoms with E-state index in [-0.39, 0.29) is 49.1 Å². The predicted octanol–water partition coefficient (Wildman–Crippen LogP) is 3.75. The topological polar surface area (TPSA) is 160 Å². The Bertz CT molecular complexity index is 1880. The molecule has 2 unspecified atom stereocenters. The second-order valence-corrected chi connectivity index (χ2v) is 17.6. The van der Waals surface area contributed by atoms with E-state index >= 15 is 0 Å². The number of ether oxygens (including phenoxy) is 1. The maximum absolute atomic E-state index is 14.3. The molecule has 13 nitrogen and oxygen atoms in total. The lowest BCUT2D eigenvalue weighted by atomic mass is 9.45. The van der Waals surface area contributed by atoms with Gasteiger partial charge in [-0.05, 0) is 92.9 Å². The van der Waals surface area contributed by atoms with Gasteiger partial charge in [0, 0.05) is 78.8 Å². The van der Waals surface area contributed by atoms with Gasteiger partial charge in [-0.1, -0.05) is 45.0 Å². The molecule has 0 spiro atoms. The molecule has 13 heteroatoms. The molecule has 3 saturated carbocycles. The first-order valence-electron chi connectivity index (χ1n) is 20.7. The molecule has 9 atom stereocenters. The molecule has 2 amide bonds. The highest BCUT2D eigenvalue weighted by molar-refractivity contribution is 5.97. The Labute approximate surface area is 343 Å². The predicted molar refractivity (Wildman–Crippen MR) is 224 cm³/mol. The Kier molecular flexibility index (Phi) is 13.8. The average molecular weight is 801 g/mol. The first-order chi connectivity index (χ1) is 27.7. The van der Waals surface area contributed by atoms with Crippen molar-refractivity contribution in [2.45, 2.75) is 83.8 Å². The third-order valence-electron chi connectivity index (χ3n) is 13.2. The number of para-hydroxylation sites is 1. The fraction of sp³-hybridized carbons (Fsp3) is 0.578. The Balaban J connectivity index is 1.30. The SMILES string of the molecule is COc1c(CN2O[C@@H](CO)[C@@H]([C@H](C)O)C2C(=O)N[C@H]2C[C@H]3CC([C@@H]2C)C3(C)C)cccc1-c1cc(C(=O)N[C@@H](Cc2ccccn2)CN(C)C)cc(N(C)CCO)c1. The van der Waals surface area contributed by atoms with Crippen LogP contribution in [0.25, 0.3) is 11.1 Å². The molecule has 1 saturated heterocycles. The van der Waals surface area contributed by atoms with E-state index in [4.69, 9.17) is 9.57 Å². The Morgan fingerprint density at radius 2 is 1.86 bits per heavy atom. The molecular formula is C45H64N6O7. The van der Waals surface area contributed by atoms with Crippen molar-refractivity contribution in [3.05, 3.63) is 77.6 Å². The van der Waals surface area contributed by atoms with Gasteiger partial charge in [0.1, 0.15) is 17.9 Å². The van der Waals surface area contributed by atoms with Crippen molar-refractivity contribution in [2.24, 2.45) is 29.1 Å². The number of hydrogen-bond acceptors (Lipinski definition) is 11. The van der Waals surface area contributed by atoms with E-state index in [0.29, 0.717) is 48.6 Å². The molecule has 2 bridgehead atoms. The van der Waals surface area contributed by atoms with E-state index in [0.717, 1.165) is 34.5 Å². The number of anilines is 1. The van der Waals surface area contributed by atoms with Gasteiger partial charge in [0.15, 0.2) is 0 Å². The van der Waals surface area contributed by atoms with Gasteiger partial charge < -0.3 is 40.5 Å². The van der Waals surface area contributed by atoms with E-state index in [9.17, 15) is 24.9 Å². The summed E-state index contributed by atoms with van der Waals surface area (Å²) in [5.41, 5.74) is 4.48. The van der Waals surface area contributed by atoms with Crippen molar-refractivity contribution in [3.8, 4) is 16.9 Å². The highest BCUT2D eigenvalue weighted by Gasteiger charge is 2.57. The number of nitrogens with one attached hydrogen (secondary N) is 2. The standard InChI is InChI=1S/C45H64N6O7/c1-27-37-21-32(45(37,3)4)22-38(27)48-44(56)41-40(28(2)54)39(26-53)58-51(41)24-29-12-11-14-36(42(29)57-8)30-18-31(20-35(19-30)50(7)16-17-52)43(55)47-34(25-49(5)6)23-33-13-9-10-15-46-33/h9-15,18-20,27-28,32,34,37-41,52-54H,16-17,21-26H2,1-8H3,(H,47,55)(H,48,56)/t27-,28-,32+,34-,37?,38-,39-,40+,41?/m0/s1. The van der Waals surface area contributed by atoms with Crippen LogP contribution in [0.2, 0.25) is 0 Å². The number of carbonyl (C=O) groups excluding carboxylic acids is 2. The summed E-state index contributed by atoms with van der Waals surface area (Å²) in [5, 5.41) is 39.4. The van der Waals surface area contributed by atoms with E-state index in [2.05, 4.69) is 36.4 Å². The van der Waals surface area contributed by atoms with Crippen LogP contribution < -0.4 is 20.3 Å². The van der Waals surface area contributed by atoms with Crippen LogP contribution in [0.15, 0.2) is 60.8 Å². The maximum atomic E-state index is 14.3. The molecule has 3 aliphatic carbocycles. The fourth-order valence-electron chi connectivity index (χ4n) is 9.87. The molecular weight excluding hydrogens is 737 g/mol. The summed E-state index contributed by atoms with van der Waals surface area (Å²) in [7, 11) is 7.39. The van der Waals surface area contributed by atoms with Gasteiger partial charge in [0.05, 0.1) is 33.0 Å². The van der Waals surface area contributed by atoms with Gasteiger partial charge in [-0.3, -0.25) is 19.4 Å². The summed E-state index contributed by atoms with van der Waals surface area (Å²) in [6.45, 7) is 9.19. The van der Waals surface area contributed by atoms with Crippen LogP contribution in [0, 0.1) is 29.1 Å². The summed E-state index contributed by atoms with van der Waals surface area (Å²) in [4.78, 5) is 43.1. The molecule has 3 aromatic rings. The number of aliphatic hydroxyl groups excluding tert-OH is 3. The van der Waals surface area contributed by atoms with Crippen molar-refractivity contribution in [1.29, 1.82) is 0 Å². The number of amides is 2. The van der Waals surface area contributed by atoms with Gasteiger partial charge in [-0.15, -0.1) is 0 Å². The summed E-state index contributed by atoms with van der Waals surface area (Å²) in [5.74, 6) is 0.801. The maximum Gasteiger partial charge on any atom is 0.251 e. The summed E-state index contributed by atoms with van der Waals surface area (Å²) in [6.07, 6.45) is 2.70. The van der Waals surface area contributed by atoms with Crippen LogP contribution in [0.1, 0.15) is 62.2 Å². The number of aliphatic hydroxyl groups is 3. The molecule has 4 aliphatic rings. The van der Waals surface area contributed by atoms with Gasteiger partial charge in [-0.25, -0.2) is 0 Å². The van der Waals surface area contributed by atoms with Gasteiger partial charge in [-0.2, -0.15) is 5.06 Å². The Morgan fingerprint density at radius 3 is 2.48 bits per heavy atom. The molecule has 7 rings (SSSR count). The zero-order valence-corrected chi connectivity index (χ0v) is 35.4. The number of hydroxylamine groups is 2. The lowest BCUT2D eigenvalue weighted by Crippen LogP contribution is -2.62. The number of hydrogen-bond donors (Lipinski definition) is 5. The molecule has 2 heterocycles. The highest BCUT2D eigenvalue weighted by atomic mass is 16.7. The lowest BCUT2D eigenvalue weighted by Gasteiger charge is -2.62. The van der Waals surface area contributed by atoms with Crippen LogP contribution in [-0.2, 0) is 22.6 Å². The third-order valence-corrected chi connectivity index (χ3v) is 13.2. The van der Waals surface area contributed by atoms with Crippen molar-refractivity contribution in [2.75, 3.05) is 59.5 Å². The zero-order valence-electron chi connectivity index (χ0n) is 35.4. The zero-order chi connectivity index (χ0) is 41.9. The number of aromatic nitrogens is 1. The van der Waals surface area contributed by atoms with Crippen LogP contribution in [-0.4, -0.2) is 127 Å². The van der Waals surface area contributed by atoms with Crippen molar-refractivity contribution < 1.29 is 34.5 Å². The van der Waals surface area contributed by atoms with E-state index in [1.54, 1.807) is 25.3 Å². The van der Waals surface area contributed by atoms with Gasteiger partial charge >= 0.3 is 0 Å². The lowest BCUT2D eigenvalue weighted by molar-refractivity contribution is -0.183. The third kappa shape index (κ3) is 9.20. The molecule has 1 aliphatic heterocycles. The highest BCUT2D eigenvalue weighted by Crippen LogP contribution is 2.61. The summed E-state index contributed by atoms with van der Waals surface area (Å²) in [6, 6.07) is 16.0. The molecule has 2 aromatic carbocycles. The first-order valence-corrected chi connectivity index (χ1v) is 20.7. The van der Waals surface area contributed by atoms with Crippen molar-refractivity contribution in [3.63, 3.8) is 0 Å². The molecule has 5 N–H and O–H groups in total. The number of likely N-dealkylation sites (N-methyl/N-ethyl adjacent to an activating group) is 2. The number of nitrogens with zero attached hydrogens (tertiary/aromatic N) is 4. The molecule has 4 fully saturated rings. The largest absolute Gasteiger partial charge is 0.496 e. The molecule has 316 valence electrons. The first kappa shape index (κ1) is 43.5. The Morgan fingerprint density at radius 1 is 1.09 bits per heavy atom. The number of fused-ring (bicyclic) bond motifs is 2. The number of rotatable bonds is 17. The van der Waals surface area contributed by atoms with Gasteiger partial charge in [0.2, 0.25) is 5.91 Å². The number of methoxy groups -OCH3 is 1. The summed E-state index contributed by atoms with van der Waals surface area (Å²) >= 11 is 0. The van der Waals surface area contributed by atoms with E-state index < -0.39 is 24.2 Å². The van der Waals surface area contributed by atoms with Crippen LogP contribution in [0.5, 0.6) is 5.75 Å². The molecule has 0 radical (unpaired) electrons. The number of carbonyl (C=O) groups is 2.